The summed E-state index contributed by atoms with van der Waals surface area (Å²) in [6, 6.07) is 9.10. The van der Waals surface area contributed by atoms with Crippen LogP contribution in [0.4, 0.5) is 0 Å². The summed E-state index contributed by atoms with van der Waals surface area (Å²) in [4.78, 5) is 0. The highest BCUT2D eigenvalue weighted by atomic mass is 35.5. The summed E-state index contributed by atoms with van der Waals surface area (Å²) in [6.07, 6.45) is 7.35. The van der Waals surface area contributed by atoms with E-state index >= 15 is 0 Å². The van der Waals surface area contributed by atoms with Gasteiger partial charge >= 0.3 is 0 Å². The highest BCUT2D eigenvalue weighted by Crippen LogP contribution is 2.21. The van der Waals surface area contributed by atoms with Crippen LogP contribution in [0.15, 0.2) is 24.3 Å². The van der Waals surface area contributed by atoms with E-state index in [-0.39, 0.29) is 0 Å². The third-order valence-corrected chi connectivity index (χ3v) is 4.30. The van der Waals surface area contributed by atoms with E-state index in [1.807, 2.05) is 17.8 Å². The molecule has 0 saturated heterocycles. The molecule has 100 valence electrons. The minimum Gasteiger partial charge on any atom is -0.314 e. The molecule has 1 unspecified atom stereocenters. The van der Waals surface area contributed by atoms with Crippen molar-refractivity contribution in [1.82, 2.24) is 5.32 Å². The molecule has 0 aliphatic heterocycles. The van der Waals surface area contributed by atoms with Crippen molar-refractivity contribution >= 4 is 23.4 Å². The van der Waals surface area contributed by atoms with E-state index in [0.29, 0.717) is 0 Å². The molecule has 0 bridgehead atoms. The fraction of sp³-hybridized carbons (Fsp3) is 0.600. The molecule has 3 heteroatoms. The molecule has 1 fully saturated rings. The Morgan fingerprint density at radius 1 is 1.44 bits per heavy atom. The second kappa shape index (κ2) is 7.42. The van der Waals surface area contributed by atoms with Crippen LogP contribution in [0.5, 0.6) is 0 Å². The van der Waals surface area contributed by atoms with Crippen molar-refractivity contribution in [2.45, 2.75) is 31.7 Å². The van der Waals surface area contributed by atoms with Gasteiger partial charge in [0.2, 0.25) is 0 Å². The molecule has 1 saturated carbocycles. The van der Waals surface area contributed by atoms with Gasteiger partial charge in [-0.25, -0.2) is 0 Å². The van der Waals surface area contributed by atoms with Gasteiger partial charge in [0.05, 0.1) is 0 Å². The fourth-order valence-electron chi connectivity index (χ4n) is 2.18. The van der Waals surface area contributed by atoms with E-state index in [1.54, 1.807) is 0 Å². The van der Waals surface area contributed by atoms with E-state index in [2.05, 4.69) is 29.8 Å². The zero-order valence-electron chi connectivity index (χ0n) is 11.0. The Morgan fingerprint density at radius 2 is 2.28 bits per heavy atom. The summed E-state index contributed by atoms with van der Waals surface area (Å²) in [5.74, 6) is 1.98. The highest BCUT2D eigenvalue weighted by molar-refractivity contribution is 7.98. The molecule has 1 aromatic carbocycles. The summed E-state index contributed by atoms with van der Waals surface area (Å²) in [5.41, 5.74) is 1.37. The zero-order valence-corrected chi connectivity index (χ0v) is 12.6. The first-order valence-electron chi connectivity index (χ1n) is 6.74. The summed E-state index contributed by atoms with van der Waals surface area (Å²) in [6.45, 7) is 1.15. The molecule has 0 radical (unpaired) electrons. The molecule has 1 aliphatic rings. The van der Waals surface area contributed by atoms with E-state index in [4.69, 9.17) is 11.6 Å². The predicted molar refractivity (Wildman–Crippen MR) is 82.7 cm³/mol. The molecule has 2 rings (SSSR count). The maximum Gasteiger partial charge on any atom is 0.0408 e. The summed E-state index contributed by atoms with van der Waals surface area (Å²) >= 11 is 7.99. The first-order chi connectivity index (χ1) is 8.78. The van der Waals surface area contributed by atoms with Crippen molar-refractivity contribution in [2.75, 3.05) is 18.6 Å². The summed E-state index contributed by atoms with van der Waals surface area (Å²) in [7, 11) is 0. The quantitative estimate of drug-likeness (QED) is 0.774. The van der Waals surface area contributed by atoms with Crippen molar-refractivity contribution < 1.29 is 0 Å². The molecule has 1 aromatic rings. The number of hydrogen-bond donors (Lipinski definition) is 1. The number of hydrogen-bond acceptors (Lipinski definition) is 2. The number of benzene rings is 1. The molecule has 1 atom stereocenters. The lowest BCUT2D eigenvalue weighted by Gasteiger charge is -2.17. The van der Waals surface area contributed by atoms with Crippen molar-refractivity contribution in [3.8, 4) is 0 Å². The minimum atomic E-state index is 0.733. The largest absolute Gasteiger partial charge is 0.314 e. The smallest absolute Gasteiger partial charge is 0.0408 e. The van der Waals surface area contributed by atoms with Crippen LogP contribution >= 0.6 is 23.4 Å². The van der Waals surface area contributed by atoms with Gasteiger partial charge in [0.15, 0.2) is 0 Å². The van der Waals surface area contributed by atoms with Gasteiger partial charge in [0.1, 0.15) is 0 Å². The van der Waals surface area contributed by atoms with Gasteiger partial charge in [-0.05, 0) is 67.9 Å². The van der Waals surface area contributed by atoms with Gasteiger partial charge in [-0.15, -0.1) is 0 Å². The lowest BCUT2D eigenvalue weighted by molar-refractivity contribution is 0.461. The van der Waals surface area contributed by atoms with Gasteiger partial charge in [-0.1, -0.05) is 23.7 Å². The first-order valence-corrected chi connectivity index (χ1v) is 8.52. The van der Waals surface area contributed by atoms with Crippen molar-refractivity contribution in [3.63, 3.8) is 0 Å². The van der Waals surface area contributed by atoms with Crippen LogP contribution in [0.3, 0.4) is 0 Å². The van der Waals surface area contributed by atoms with E-state index in [9.17, 15) is 0 Å². The monoisotopic (exact) mass is 283 g/mol. The topological polar surface area (TPSA) is 12.0 Å². The lowest BCUT2D eigenvalue weighted by Crippen LogP contribution is -2.26. The molecule has 1 aliphatic carbocycles. The van der Waals surface area contributed by atoms with Gasteiger partial charge in [-0.2, -0.15) is 11.8 Å². The van der Waals surface area contributed by atoms with Gasteiger partial charge < -0.3 is 5.32 Å². The predicted octanol–water partition coefficient (Wildman–Crippen LogP) is 4.00. The van der Waals surface area contributed by atoms with Crippen LogP contribution in [0.2, 0.25) is 5.02 Å². The van der Waals surface area contributed by atoms with Crippen molar-refractivity contribution in [2.24, 2.45) is 5.92 Å². The molecular formula is C15H22ClNS. The van der Waals surface area contributed by atoms with Crippen LogP contribution in [-0.2, 0) is 6.42 Å². The Bertz CT molecular complexity index is 365. The Hall–Kier alpha value is -0.180. The Morgan fingerprint density at radius 3 is 2.94 bits per heavy atom. The van der Waals surface area contributed by atoms with Crippen LogP contribution in [0, 0.1) is 5.92 Å². The second-order valence-corrected chi connectivity index (χ2v) is 6.59. The van der Waals surface area contributed by atoms with Gasteiger partial charge in [0.25, 0.3) is 0 Å². The second-order valence-electron chi connectivity index (χ2n) is 5.16. The van der Waals surface area contributed by atoms with Crippen molar-refractivity contribution in [3.05, 3.63) is 34.9 Å². The number of halogens is 1. The van der Waals surface area contributed by atoms with Crippen molar-refractivity contribution in [1.29, 1.82) is 0 Å². The third-order valence-electron chi connectivity index (χ3n) is 3.42. The van der Waals surface area contributed by atoms with Gasteiger partial charge in [0, 0.05) is 11.1 Å². The maximum atomic E-state index is 6.05. The Balaban J connectivity index is 1.85. The fourth-order valence-corrected chi connectivity index (χ4v) is 2.96. The normalized spacial score (nSPS) is 16.8. The van der Waals surface area contributed by atoms with Crippen LogP contribution in [-0.4, -0.2) is 24.6 Å². The van der Waals surface area contributed by atoms with E-state index in [1.165, 1.54) is 30.6 Å². The molecule has 0 aromatic heterocycles. The molecule has 18 heavy (non-hydrogen) atoms. The first kappa shape index (κ1) is 14.2. The standard InChI is InChI=1S/C15H22ClNS/c1-18-8-7-13(11-17-15-5-6-15)9-12-3-2-4-14(16)10-12/h2-4,10,13,15,17H,5-9,11H2,1H3. The van der Waals surface area contributed by atoms with Crippen LogP contribution in [0.1, 0.15) is 24.8 Å². The number of rotatable bonds is 8. The third kappa shape index (κ3) is 5.21. The number of nitrogens with one attached hydrogen (secondary N) is 1. The SMILES string of the molecule is CSCCC(CNC1CC1)Cc1cccc(Cl)c1. The van der Waals surface area contributed by atoms with E-state index < -0.39 is 0 Å². The highest BCUT2D eigenvalue weighted by Gasteiger charge is 2.21. The van der Waals surface area contributed by atoms with Crippen LogP contribution < -0.4 is 5.32 Å². The van der Waals surface area contributed by atoms with Crippen LogP contribution in [0.25, 0.3) is 0 Å². The zero-order chi connectivity index (χ0) is 12.8. The maximum absolute atomic E-state index is 6.05. The summed E-state index contributed by atoms with van der Waals surface area (Å²) in [5, 5.41) is 4.51. The van der Waals surface area contributed by atoms with E-state index in [0.717, 1.165) is 29.9 Å². The lowest BCUT2D eigenvalue weighted by atomic mass is 9.97. The number of thioether (sulfide) groups is 1. The molecule has 1 nitrogen and oxygen atoms in total. The van der Waals surface area contributed by atoms with Gasteiger partial charge in [-0.3, -0.25) is 0 Å². The Kier molecular flexibility index (Phi) is 5.87. The minimum absolute atomic E-state index is 0.733. The molecule has 1 N–H and O–H groups in total. The molecule has 0 amide bonds. The molecular weight excluding hydrogens is 262 g/mol. The average Bonchev–Trinajstić information content (AvgIpc) is 3.17. The molecule has 0 heterocycles. The molecule has 0 spiro atoms. The Labute approximate surface area is 120 Å². The average molecular weight is 284 g/mol. The summed E-state index contributed by atoms with van der Waals surface area (Å²) < 4.78 is 0.